The van der Waals surface area contributed by atoms with Gasteiger partial charge in [-0.1, -0.05) is 20.8 Å². The van der Waals surface area contributed by atoms with Gasteiger partial charge in [-0.05, 0) is 0 Å². The third-order valence-corrected chi connectivity index (χ3v) is 3.52. The van der Waals surface area contributed by atoms with Crippen LogP contribution in [0.15, 0.2) is 12.5 Å². The Labute approximate surface area is 116 Å². The van der Waals surface area contributed by atoms with E-state index in [4.69, 9.17) is 5.11 Å². The zero-order chi connectivity index (χ0) is 14.5. The highest BCUT2D eigenvalue weighted by Crippen LogP contribution is 2.22. The van der Waals surface area contributed by atoms with Crippen LogP contribution in [0.1, 0.15) is 26.5 Å². The van der Waals surface area contributed by atoms with E-state index in [1.807, 2.05) is 20.8 Å². The van der Waals surface area contributed by atoms with Crippen molar-refractivity contribution in [2.24, 2.45) is 0 Å². The van der Waals surface area contributed by atoms with Gasteiger partial charge in [-0.25, -0.2) is 9.78 Å². The number of carbonyl (C=O) groups is 2. The molecule has 0 spiro atoms. The van der Waals surface area contributed by atoms with Crippen molar-refractivity contribution in [2.45, 2.75) is 38.0 Å². The molecule has 0 saturated carbocycles. The lowest BCUT2D eigenvalue weighted by molar-refractivity contribution is -0.141. The van der Waals surface area contributed by atoms with Gasteiger partial charge in [0.1, 0.15) is 6.04 Å². The molecule has 1 rings (SSSR count). The number of amides is 1. The van der Waals surface area contributed by atoms with Gasteiger partial charge >= 0.3 is 5.97 Å². The molecule has 0 aromatic carbocycles. The SMILES string of the molecule is CC(C)(C)SCC(=O)N[C@H](Cc1cnc[nH]1)C(=O)O. The highest BCUT2D eigenvalue weighted by molar-refractivity contribution is 8.01. The summed E-state index contributed by atoms with van der Waals surface area (Å²) in [7, 11) is 0. The Morgan fingerprint density at radius 1 is 1.53 bits per heavy atom. The molecule has 1 aromatic heterocycles. The molecular weight excluding hydrogens is 266 g/mol. The molecule has 0 radical (unpaired) electrons. The molecule has 0 aliphatic rings. The molecule has 0 fully saturated rings. The lowest BCUT2D eigenvalue weighted by Gasteiger charge is -2.18. The van der Waals surface area contributed by atoms with Crippen LogP contribution in [0.4, 0.5) is 0 Å². The maximum atomic E-state index is 11.7. The molecule has 3 N–H and O–H groups in total. The van der Waals surface area contributed by atoms with Gasteiger partial charge in [0.25, 0.3) is 0 Å². The summed E-state index contributed by atoms with van der Waals surface area (Å²) < 4.78 is -0.0283. The van der Waals surface area contributed by atoms with E-state index in [9.17, 15) is 9.59 Å². The summed E-state index contributed by atoms with van der Waals surface area (Å²) >= 11 is 1.48. The van der Waals surface area contributed by atoms with Gasteiger partial charge in [0.05, 0.1) is 12.1 Å². The molecule has 0 saturated heterocycles. The summed E-state index contributed by atoms with van der Waals surface area (Å²) in [4.78, 5) is 29.5. The number of aromatic nitrogens is 2. The van der Waals surface area contributed by atoms with Crippen LogP contribution in [0, 0.1) is 0 Å². The quantitative estimate of drug-likeness (QED) is 0.726. The van der Waals surface area contributed by atoms with Gasteiger partial charge in [-0.15, -0.1) is 11.8 Å². The topological polar surface area (TPSA) is 95.1 Å². The first-order valence-electron chi connectivity index (χ1n) is 5.91. The Hall–Kier alpha value is -1.50. The molecule has 106 valence electrons. The highest BCUT2D eigenvalue weighted by Gasteiger charge is 2.22. The second-order valence-electron chi connectivity index (χ2n) is 5.14. The minimum absolute atomic E-state index is 0.0283. The van der Waals surface area contributed by atoms with Crippen molar-refractivity contribution in [1.82, 2.24) is 15.3 Å². The van der Waals surface area contributed by atoms with Crippen LogP contribution in [-0.2, 0) is 16.0 Å². The first-order valence-corrected chi connectivity index (χ1v) is 6.90. The van der Waals surface area contributed by atoms with E-state index >= 15 is 0 Å². The number of nitrogens with zero attached hydrogens (tertiary/aromatic N) is 1. The Kier molecular flexibility index (Phi) is 5.41. The summed E-state index contributed by atoms with van der Waals surface area (Å²) in [5, 5.41) is 11.6. The fraction of sp³-hybridized carbons (Fsp3) is 0.583. The highest BCUT2D eigenvalue weighted by atomic mass is 32.2. The van der Waals surface area contributed by atoms with E-state index in [1.165, 1.54) is 18.1 Å². The number of hydrogen-bond acceptors (Lipinski definition) is 4. The Bertz CT molecular complexity index is 426. The minimum Gasteiger partial charge on any atom is -0.480 e. The number of carbonyl (C=O) groups excluding carboxylic acids is 1. The number of thioether (sulfide) groups is 1. The molecule has 19 heavy (non-hydrogen) atoms. The predicted molar refractivity (Wildman–Crippen MR) is 74.1 cm³/mol. The van der Waals surface area contributed by atoms with E-state index in [0.29, 0.717) is 5.69 Å². The van der Waals surface area contributed by atoms with Crippen LogP contribution >= 0.6 is 11.8 Å². The fourth-order valence-electron chi connectivity index (χ4n) is 1.33. The van der Waals surface area contributed by atoms with Crippen LogP contribution in [-0.4, -0.2) is 43.5 Å². The second-order valence-corrected chi connectivity index (χ2v) is 6.94. The zero-order valence-electron chi connectivity index (χ0n) is 11.3. The standard InChI is InChI=1S/C12H19N3O3S/c1-12(2,3)19-6-10(16)15-9(11(17)18)4-8-5-13-7-14-8/h5,7,9H,4,6H2,1-3H3,(H,13,14)(H,15,16)(H,17,18)/t9-/m1/s1. The van der Waals surface area contributed by atoms with Crippen LogP contribution in [0.25, 0.3) is 0 Å². The number of carboxylic acid groups (broad SMARTS) is 1. The van der Waals surface area contributed by atoms with Crippen molar-refractivity contribution in [3.05, 3.63) is 18.2 Å². The lowest BCUT2D eigenvalue weighted by Crippen LogP contribution is -2.43. The zero-order valence-corrected chi connectivity index (χ0v) is 12.1. The van der Waals surface area contributed by atoms with Gasteiger partial charge in [0.15, 0.2) is 0 Å². The third kappa shape index (κ3) is 6.28. The first kappa shape index (κ1) is 15.6. The Morgan fingerprint density at radius 3 is 2.68 bits per heavy atom. The van der Waals surface area contributed by atoms with E-state index in [0.717, 1.165) is 0 Å². The third-order valence-electron chi connectivity index (χ3n) is 2.25. The van der Waals surface area contributed by atoms with Crippen molar-refractivity contribution < 1.29 is 14.7 Å². The Balaban J connectivity index is 2.49. The van der Waals surface area contributed by atoms with Gasteiger partial charge in [-0.2, -0.15) is 0 Å². The van der Waals surface area contributed by atoms with Gasteiger partial charge in [0.2, 0.25) is 5.91 Å². The number of carboxylic acids is 1. The largest absolute Gasteiger partial charge is 0.480 e. The van der Waals surface area contributed by atoms with Gasteiger partial charge in [-0.3, -0.25) is 4.79 Å². The number of aromatic amines is 1. The van der Waals surface area contributed by atoms with Gasteiger partial charge in [0, 0.05) is 23.1 Å². The molecule has 0 unspecified atom stereocenters. The van der Waals surface area contributed by atoms with Crippen molar-refractivity contribution in [3.8, 4) is 0 Å². The molecule has 6 nitrogen and oxygen atoms in total. The number of hydrogen-bond donors (Lipinski definition) is 3. The summed E-state index contributed by atoms with van der Waals surface area (Å²) in [5.74, 6) is -1.08. The first-order chi connectivity index (χ1) is 8.78. The monoisotopic (exact) mass is 285 g/mol. The minimum atomic E-state index is -1.05. The molecule has 1 amide bonds. The Morgan fingerprint density at radius 2 is 2.21 bits per heavy atom. The lowest BCUT2D eigenvalue weighted by atomic mass is 10.1. The van der Waals surface area contributed by atoms with Crippen LogP contribution in [0.5, 0.6) is 0 Å². The summed E-state index contributed by atoms with van der Waals surface area (Å²) in [6.45, 7) is 6.01. The van der Waals surface area contributed by atoms with Crippen molar-refractivity contribution in [1.29, 1.82) is 0 Å². The number of aliphatic carboxylic acids is 1. The second kappa shape index (κ2) is 6.60. The fourth-order valence-corrected chi connectivity index (χ4v) is 1.98. The molecule has 7 heteroatoms. The van der Waals surface area contributed by atoms with Crippen molar-refractivity contribution in [2.75, 3.05) is 5.75 Å². The number of imidazole rings is 1. The molecule has 0 aliphatic heterocycles. The summed E-state index contributed by atoms with van der Waals surface area (Å²) in [6, 6.07) is -0.937. The molecular formula is C12H19N3O3S. The molecule has 1 heterocycles. The van der Waals surface area contributed by atoms with E-state index in [-0.39, 0.29) is 22.8 Å². The normalized spacial score (nSPS) is 13.0. The molecule has 0 bridgehead atoms. The number of H-pyrrole nitrogens is 1. The number of rotatable bonds is 6. The molecule has 1 atom stereocenters. The number of nitrogens with one attached hydrogen (secondary N) is 2. The van der Waals surface area contributed by atoms with Crippen LogP contribution < -0.4 is 5.32 Å². The van der Waals surface area contributed by atoms with Crippen molar-refractivity contribution >= 4 is 23.6 Å². The smallest absolute Gasteiger partial charge is 0.326 e. The van der Waals surface area contributed by atoms with E-state index < -0.39 is 12.0 Å². The van der Waals surface area contributed by atoms with E-state index in [1.54, 1.807) is 6.20 Å². The summed E-state index contributed by atoms with van der Waals surface area (Å²) in [5.41, 5.74) is 0.677. The predicted octanol–water partition coefficient (Wildman–Crippen LogP) is 1.05. The maximum absolute atomic E-state index is 11.7. The van der Waals surface area contributed by atoms with Crippen molar-refractivity contribution in [3.63, 3.8) is 0 Å². The van der Waals surface area contributed by atoms with Gasteiger partial charge < -0.3 is 15.4 Å². The van der Waals surface area contributed by atoms with E-state index in [2.05, 4.69) is 15.3 Å². The molecule has 0 aliphatic carbocycles. The molecule has 1 aromatic rings. The average Bonchev–Trinajstić information content (AvgIpc) is 2.77. The average molecular weight is 285 g/mol. The van der Waals surface area contributed by atoms with Crippen LogP contribution in [0.3, 0.4) is 0 Å². The maximum Gasteiger partial charge on any atom is 0.326 e. The van der Waals surface area contributed by atoms with Crippen LogP contribution in [0.2, 0.25) is 0 Å². The summed E-state index contributed by atoms with van der Waals surface area (Å²) in [6.07, 6.45) is 3.22.